The van der Waals surface area contributed by atoms with E-state index >= 15 is 0 Å². The standard InChI is InChI=1S/C7H12O.C3H8O2.2C2H6/c1-2-6-3-4-7(8)5-6;1-3(2,4)5;2*1-2/h2,6-8H,1,3-5H2;4-5H,1-2H3;2*1-2H3/t6?,7-;;;/m1.../s1. The third kappa shape index (κ3) is 25.7. The average molecular weight is 248 g/mol. The maximum absolute atomic E-state index is 8.98. The Kier molecular flexibility index (Phi) is 17.6. The van der Waals surface area contributed by atoms with Gasteiger partial charge in [-0.15, -0.1) is 6.58 Å². The zero-order valence-electron chi connectivity index (χ0n) is 12.4. The molecule has 0 amide bonds. The summed E-state index contributed by atoms with van der Waals surface area (Å²) in [6.45, 7) is 14.3. The summed E-state index contributed by atoms with van der Waals surface area (Å²) in [5.74, 6) is -0.912. The molecule has 2 atom stereocenters. The van der Waals surface area contributed by atoms with Gasteiger partial charge >= 0.3 is 0 Å². The molecule has 0 bridgehead atoms. The summed E-state index contributed by atoms with van der Waals surface area (Å²) in [6.07, 6.45) is 4.93. The van der Waals surface area contributed by atoms with Crippen molar-refractivity contribution in [2.24, 2.45) is 5.92 Å². The van der Waals surface area contributed by atoms with Crippen LogP contribution in [0.15, 0.2) is 12.7 Å². The van der Waals surface area contributed by atoms with Crippen LogP contribution < -0.4 is 0 Å². The van der Waals surface area contributed by atoms with E-state index in [1.54, 1.807) is 0 Å². The molecule has 17 heavy (non-hydrogen) atoms. The normalized spacial score (nSPS) is 21.9. The molecule has 1 aliphatic rings. The van der Waals surface area contributed by atoms with Crippen molar-refractivity contribution in [3.05, 3.63) is 12.7 Å². The molecule has 0 aromatic carbocycles. The minimum atomic E-state index is -1.50. The van der Waals surface area contributed by atoms with Gasteiger partial charge < -0.3 is 15.3 Å². The van der Waals surface area contributed by atoms with E-state index in [-0.39, 0.29) is 6.10 Å². The SMILES string of the molecule is C=CC1CC[C@@H](O)C1.CC.CC.CC(C)(O)O. The Balaban J connectivity index is -0.000000190. The highest BCUT2D eigenvalue weighted by Gasteiger charge is 2.19. The zero-order chi connectivity index (χ0) is 14.5. The molecule has 0 aromatic heterocycles. The van der Waals surface area contributed by atoms with Gasteiger partial charge in [-0.3, -0.25) is 0 Å². The number of hydrogen-bond donors (Lipinski definition) is 3. The predicted octanol–water partition coefficient (Wildman–Crippen LogP) is 3.09. The largest absolute Gasteiger partial charge is 0.393 e. The maximum Gasteiger partial charge on any atom is 0.156 e. The molecule has 3 heteroatoms. The van der Waals surface area contributed by atoms with Crippen molar-refractivity contribution in [3.63, 3.8) is 0 Å². The van der Waals surface area contributed by atoms with Crippen molar-refractivity contribution >= 4 is 0 Å². The van der Waals surface area contributed by atoms with Crippen molar-refractivity contribution in [2.75, 3.05) is 0 Å². The van der Waals surface area contributed by atoms with Crippen LogP contribution >= 0.6 is 0 Å². The van der Waals surface area contributed by atoms with Gasteiger partial charge in [0, 0.05) is 0 Å². The van der Waals surface area contributed by atoms with Crippen molar-refractivity contribution in [2.45, 2.75) is 72.7 Å². The summed E-state index contributed by atoms with van der Waals surface area (Å²) in [5, 5.41) is 25.1. The van der Waals surface area contributed by atoms with Crippen LogP contribution in [0.5, 0.6) is 0 Å². The van der Waals surface area contributed by atoms with Crippen molar-refractivity contribution in [1.29, 1.82) is 0 Å². The van der Waals surface area contributed by atoms with Crippen LogP contribution in [0.1, 0.15) is 60.8 Å². The molecule has 0 saturated heterocycles. The average Bonchev–Trinajstić information content (AvgIpc) is 2.68. The van der Waals surface area contributed by atoms with E-state index in [2.05, 4.69) is 6.58 Å². The second kappa shape index (κ2) is 13.7. The molecular weight excluding hydrogens is 216 g/mol. The molecular formula is C14H32O3. The molecule has 1 saturated carbocycles. The highest BCUT2D eigenvalue weighted by Crippen LogP contribution is 2.25. The number of rotatable bonds is 1. The molecule has 0 heterocycles. The lowest BCUT2D eigenvalue weighted by Gasteiger charge is -2.03. The monoisotopic (exact) mass is 248 g/mol. The van der Waals surface area contributed by atoms with Crippen LogP contribution in [-0.2, 0) is 0 Å². The van der Waals surface area contributed by atoms with Crippen molar-refractivity contribution < 1.29 is 15.3 Å². The Morgan fingerprint density at radius 1 is 1.06 bits per heavy atom. The van der Waals surface area contributed by atoms with Gasteiger partial charge in [-0.1, -0.05) is 33.8 Å². The smallest absolute Gasteiger partial charge is 0.156 e. The molecule has 1 rings (SSSR count). The molecule has 0 aliphatic heterocycles. The van der Waals surface area contributed by atoms with Gasteiger partial charge in [-0.25, -0.2) is 0 Å². The third-order valence-electron chi connectivity index (χ3n) is 1.78. The van der Waals surface area contributed by atoms with Crippen molar-refractivity contribution in [1.82, 2.24) is 0 Å². The highest BCUT2D eigenvalue weighted by atomic mass is 16.5. The van der Waals surface area contributed by atoms with Gasteiger partial charge in [-0.2, -0.15) is 0 Å². The Morgan fingerprint density at radius 3 is 1.53 bits per heavy atom. The first-order valence-electron chi connectivity index (χ1n) is 6.58. The third-order valence-corrected chi connectivity index (χ3v) is 1.78. The van der Waals surface area contributed by atoms with E-state index in [0.29, 0.717) is 5.92 Å². The number of aliphatic hydroxyl groups is 3. The van der Waals surface area contributed by atoms with Gasteiger partial charge in [-0.05, 0) is 39.0 Å². The van der Waals surface area contributed by atoms with Gasteiger partial charge in [0.1, 0.15) is 0 Å². The molecule has 106 valence electrons. The summed E-state index contributed by atoms with van der Waals surface area (Å²) in [6, 6.07) is 0. The molecule has 0 spiro atoms. The Morgan fingerprint density at radius 2 is 1.41 bits per heavy atom. The maximum atomic E-state index is 8.98. The molecule has 1 aliphatic carbocycles. The van der Waals surface area contributed by atoms with Gasteiger partial charge in [0.25, 0.3) is 0 Å². The van der Waals surface area contributed by atoms with Crippen LogP contribution in [0.3, 0.4) is 0 Å². The first-order valence-corrected chi connectivity index (χ1v) is 6.58. The topological polar surface area (TPSA) is 60.7 Å². The quantitative estimate of drug-likeness (QED) is 0.493. The number of allylic oxidation sites excluding steroid dienone is 1. The molecule has 0 radical (unpaired) electrons. The first-order chi connectivity index (χ1) is 7.83. The second-order valence-electron chi connectivity index (χ2n) is 3.96. The number of aliphatic hydroxyl groups excluding tert-OH is 1. The van der Waals surface area contributed by atoms with Crippen LogP contribution in [0.2, 0.25) is 0 Å². The van der Waals surface area contributed by atoms with Gasteiger partial charge in [0.2, 0.25) is 0 Å². The molecule has 1 fully saturated rings. The van der Waals surface area contributed by atoms with Crippen LogP contribution in [0, 0.1) is 5.92 Å². The fourth-order valence-corrected chi connectivity index (χ4v) is 1.21. The first kappa shape index (κ1) is 21.9. The molecule has 0 aromatic rings. The lowest BCUT2D eigenvalue weighted by molar-refractivity contribution is -0.127. The van der Waals surface area contributed by atoms with E-state index in [0.717, 1.165) is 19.3 Å². The predicted molar refractivity (Wildman–Crippen MR) is 74.8 cm³/mol. The number of hydrogen-bond acceptors (Lipinski definition) is 3. The Labute approximate surface area is 107 Å². The lowest BCUT2D eigenvalue weighted by atomic mass is 10.1. The molecule has 3 nitrogen and oxygen atoms in total. The molecule has 3 N–H and O–H groups in total. The minimum Gasteiger partial charge on any atom is -0.393 e. The van der Waals surface area contributed by atoms with E-state index < -0.39 is 5.79 Å². The van der Waals surface area contributed by atoms with Crippen LogP contribution in [0.4, 0.5) is 0 Å². The van der Waals surface area contributed by atoms with Crippen LogP contribution in [0.25, 0.3) is 0 Å². The Bertz CT molecular complexity index is 144. The van der Waals surface area contributed by atoms with E-state index in [9.17, 15) is 0 Å². The fourth-order valence-electron chi connectivity index (χ4n) is 1.21. The zero-order valence-corrected chi connectivity index (χ0v) is 12.4. The fraction of sp³-hybridized carbons (Fsp3) is 0.857. The van der Waals surface area contributed by atoms with Gasteiger partial charge in [0.15, 0.2) is 5.79 Å². The van der Waals surface area contributed by atoms with E-state index in [4.69, 9.17) is 15.3 Å². The summed E-state index contributed by atoms with van der Waals surface area (Å²) in [5.41, 5.74) is 0. The summed E-state index contributed by atoms with van der Waals surface area (Å²) < 4.78 is 0. The van der Waals surface area contributed by atoms with Gasteiger partial charge in [0.05, 0.1) is 6.10 Å². The minimum absolute atomic E-state index is 0.0435. The Hall–Kier alpha value is -0.380. The molecule has 1 unspecified atom stereocenters. The lowest BCUT2D eigenvalue weighted by Crippen LogP contribution is -2.15. The van der Waals surface area contributed by atoms with Crippen LogP contribution in [-0.4, -0.2) is 27.2 Å². The summed E-state index contributed by atoms with van der Waals surface area (Å²) in [4.78, 5) is 0. The van der Waals surface area contributed by atoms with Crippen molar-refractivity contribution in [3.8, 4) is 0 Å². The van der Waals surface area contributed by atoms with E-state index in [1.165, 1.54) is 13.8 Å². The summed E-state index contributed by atoms with van der Waals surface area (Å²) in [7, 11) is 0. The van der Waals surface area contributed by atoms with E-state index in [1.807, 2.05) is 33.8 Å². The second-order valence-corrected chi connectivity index (χ2v) is 3.96. The highest BCUT2D eigenvalue weighted by molar-refractivity contribution is 4.86. The summed E-state index contributed by atoms with van der Waals surface area (Å²) >= 11 is 0.